The van der Waals surface area contributed by atoms with E-state index in [1.165, 1.54) is 30.4 Å². The lowest BCUT2D eigenvalue weighted by Crippen LogP contribution is -2.44. The normalized spacial score (nSPS) is 17.5. The Hall–Kier alpha value is -1.91. The monoisotopic (exact) mass is 331 g/mol. The Bertz CT molecular complexity index is 597. The first-order chi connectivity index (χ1) is 11.7. The lowest BCUT2D eigenvalue weighted by Gasteiger charge is -2.32. The van der Waals surface area contributed by atoms with Gasteiger partial charge in [0.15, 0.2) is 17.5 Å². The Balaban J connectivity index is 1.73. The number of rotatable bonds is 6. The maximum Gasteiger partial charge on any atom is 0.194 e. The molecular formula is C19H29N3O2. The minimum atomic E-state index is 0.800. The highest BCUT2D eigenvalue weighted by Crippen LogP contribution is 2.34. The highest BCUT2D eigenvalue weighted by Gasteiger charge is 2.23. The molecule has 1 saturated carbocycles. The molecule has 5 nitrogen and oxygen atoms in total. The number of fused-ring (bicyclic) bond motifs is 1. The maximum absolute atomic E-state index is 5.45. The molecule has 1 fully saturated rings. The average molecular weight is 331 g/mol. The molecule has 0 saturated heterocycles. The van der Waals surface area contributed by atoms with E-state index in [2.05, 4.69) is 29.3 Å². The van der Waals surface area contributed by atoms with E-state index in [-0.39, 0.29) is 0 Å². The molecule has 0 spiro atoms. The van der Waals surface area contributed by atoms with Gasteiger partial charge in [-0.25, -0.2) is 0 Å². The minimum absolute atomic E-state index is 0.800. The van der Waals surface area contributed by atoms with Crippen LogP contribution >= 0.6 is 0 Å². The first-order valence-corrected chi connectivity index (χ1v) is 9.02. The predicted octanol–water partition coefficient (Wildman–Crippen LogP) is 2.83. The predicted molar refractivity (Wildman–Crippen MR) is 97.0 cm³/mol. The Kier molecular flexibility index (Phi) is 5.48. The molecule has 0 atom stereocenters. The van der Waals surface area contributed by atoms with Crippen molar-refractivity contribution in [1.82, 2.24) is 10.2 Å². The zero-order valence-electron chi connectivity index (χ0n) is 15.1. The molecule has 0 unspecified atom stereocenters. The van der Waals surface area contributed by atoms with Gasteiger partial charge >= 0.3 is 0 Å². The van der Waals surface area contributed by atoms with Gasteiger partial charge in [-0.1, -0.05) is 12.8 Å². The molecule has 3 rings (SSSR count). The van der Waals surface area contributed by atoms with Gasteiger partial charge in [-0.3, -0.25) is 4.99 Å². The van der Waals surface area contributed by atoms with Crippen molar-refractivity contribution in [3.63, 3.8) is 0 Å². The van der Waals surface area contributed by atoms with Crippen LogP contribution in [0.3, 0.4) is 0 Å². The van der Waals surface area contributed by atoms with E-state index in [0.717, 1.165) is 56.0 Å². The quantitative estimate of drug-likeness (QED) is 0.643. The zero-order chi connectivity index (χ0) is 16.9. The summed E-state index contributed by atoms with van der Waals surface area (Å²) in [6.45, 7) is 5.81. The SMILES string of the molecule is CCNC(=NCCC1CC1)N1CCc2cc(OC)c(OC)cc2C1. The summed E-state index contributed by atoms with van der Waals surface area (Å²) in [5.74, 6) is 3.58. The molecule has 5 heteroatoms. The van der Waals surface area contributed by atoms with Crippen LogP contribution < -0.4 is 14.8 Å². The molecule has 1 aromatic carbocycles. The van der Waals surface area contributed by atoms with Crippen molar-refractivity contribution in [1.29, 1.82) is 0 Å². The molecule has 132 valence electrons. The molecular weight excluding hydrogens is 302 g/mol. The van der Waals surface area contributed by atoms with Crippen LogP contribution in [0.1, 0.15) is 37.3 Å². The third-order valence-electron chi connectivity index (χ3n) is 4.85. The summed E-state index contributed by atoms with van der Waals surface area (Å²) >= 11 is 0. The second-order valence-corrected chi connectivity index (χ2v) is 6.62. The summed E-state index contributed by atoms with van der Waals surface area (Å²) in [4.78, 5) is 7.19. The van der Waals surface area contributed by atoms with Gasteiger partial charge < -0.3 is 19.7 Å². The molecule has 0 bridgehead atoms. The van der Waals surface area contributed by atoms with Gasteiger partial charge in [-0.2, -0.15) is 0 Å². The summed E-state index contributed by atoms with van der Waals surface area (Å²) in [6.07, 6.45) is 5.02. The van der Waals surface area contributed by atoms with E-state index in [4.69, 9.17) is 14.5 Å². The van der Waals surface area contributed by atoms with E-state index in [0.29, 0.717) is 0 Å². The fourth-order valence-corrected chi connectivity index (χ4v) is 3.25. The standard InChI is InChI=1S/C19H29N3O2/c1-4-20-19(21-9-7-14-5-6-14)22-10-8-15-11-17(23-2)18(24-3)12-16(15)13-22/h11-12,14H,4-10,13H2,1-3H3,(H,20,21). The highest BCUT2D eigenvalue weighted by atomic mass is 16.5. The molecule has 2 aliphatic rings. The number of aliphatic imine (C=N–C) groups is 1. The number of benzene rings is 1. The van der Waals surface area contributed by atoms with Gasteiger partial charge in [0.25, 0.3) is 0 Å². The highest BCUT2D eigenvalue weighted by molar-refractivity contribution is 5.80. The molecule has 24 heavy (non-hydrogen) atoms. The van der Waals surface area contributed by atoms with Crippen molar-refractivity contribution < 1.29 is 9.47 Å². The fraction of sp³-hybridized carbons (Fsp3) is 0.632. The van der Waals surface area contributed by atoms with Crippen molar-refractivity contribution in [2.75, 3.05) is 33.9 Å². The lowest BCUT2D eigenvalue weighted by atomic mass is 9.99. The molecule has 1 aliphatic heterocycles. The number of nitrogens with one attached hydrogen (secondary N) is 1. The summed E-state index contributed by atoms with van der Waals surface area (Å²) < 4.78 is 10.9. The van der Waals surface area contributed by atoms with Gasteiger partial charge in [0, 0.05) is 26.2 Å². The number of nitrogens with zero attached hydrogens (tertiary/aromatic N) is 2. The van der Waals surface area contributed by atoms with Crippen LogP contribution in [0.15, 0.2) is 17.1 Å². The molecule has 0 radical (unpaired) electrons. The Morgan fingerprint density at radius 2 is 1.92 bits per heavy atom. The topological polar surface area (TPSA) is 46.1 Å². The number of guanidine groups is 1. The molecule has 1 heterocycles. The zero-order valence-corrected chi connectivity index (χ0v) is 15.1. The lowest BCUT2D eigenvalue weighted by molar-refractivity contribution is 0.346. The van der Waals surface area contributed by atoms with Crippen molar-refractivity contribution in [3.05, 3.63) is 23.3 Å². The second-order valence-electron chi connectivity index (χ2n) is 6.62. The van der Waals surface area contributed by atoms with Gasteiger partial charge in [-0.05, 0) is 48.9 Å². The largest absolute Gasteiger partial charge is 0.493 e. The van der Waals surface area contributed by atoms with Crippen molar-refractivity contribution >= 4 is 5.96 Å². The van der Waals surface area contributed by atoms with Crippen molar-refractivity contribution in [3.8, 4) is 11.5 Å². The number of ether oxygens (including phenoxy) is 2. The third kappa shape index (κ3) is 3.94. The van der Waals surface area contributed by atoms with Gasteiger partial charge in [0.2, 0.25) is 0 Å². The summed E-state index contributed by atoms with van der Waals surface area (Å²) in [7, 11) is 3.38. The van der Waals surface area contributed by atoms with Crippen LogP contribution in [0.4, 0.5) is 0 Å². The van der Waals surface area contributed by atoms with Crippen LogP contribution in [0, 0.1) is 5.92 Å². The van der Waals surface area contributed by atoms with Crippen LogP contribution in [0.25, 0.3) is 0 Å². The first kappa shape index (κ1) is 16.9. The average Bonchev–Trinajstić information content (AvgIpc) is 3.43. The van der Waals surface area contributed by atoms with E-state index in [1.807, 2.05) is 0 Å². The number of hydrogen-bond acceptors (Lipinski definition) is 3. The fourth-order valence-electron chi connectivity index (χ4n) is 3.25. The van der Waals surface area contributed by atoms with Crippen LogP contribution in [0.5, 0.6) is 11.5 Å². The molecule has 1 N–H and O–H groups in total. The Morgan fingerprint density at radius 1 is 1.21 bits per heavy atom. The Morgan fingerprint density at radius 3 is 2.54 bits per heavy atom. The molecule has 0 aromatic heterocycles. The molecule has 1 aromatic rings. The smallest absolute Gasteiger partial charge is 0.194 e. The third-order valence-corrected chi connectivity index (χ3v) is 4.85. The van der Waals surface area contributed by atoms with Crippen molar-refractivity contribution in [2.45, 2.75) is 39.2 Å². The van der Waals surface area contributed by atoms with Crippen LogP contribution in [-0.2, 0) is 13.0 Å². The molecule has 0 amide bonds. The van der Waals surface area contributed by atoms with E-state index in [1.54, 1.807) is 14.2 Å². The van der Waals surface area contributed by atoms with Gasteiger partial charge in [0.1, 0.15) is 0 Å². The van der Waals surface area contributed by atoms with E-state index >= 15 is 0 Å². The summed E-state index contributed by atoms with van der Waals surface area (Å²) in [6, 6.07) is 4.22. The minimum Gasteiger partial charge on any atom is -0.493 e. The second kappa shape index (κ2) is 7.77. The number of methoxy groups -OCH3 is 2. The summed E-state index contributed by atoms with van der Waals surface area (Å²) in [5, 5.41) is 3.45. The van der Waals surface area contributed by atoms with Crippen molar-refractivity contribution in [2.24, 2.45) is 10.9 Å². The maximum atomic E-state index is 5.45. The van der Waals surface area contributed by atoms with Gasteiger partial charge in [0.05, 0.1) is 14.2 Å². The van der Waals surface area contributed by atoms with Crippen LogP contribution in [-0.4, -0.2) is 44.7 Å². The van der Waals surface area contributed by atoms with Crippen LogP contribution in [0.2, 0.25) is 0 Å². The molecule has 1 aliphatic carbocycles. The van der Waals surface area contributed by atoms with Gasteiger partial charge in [-0.15, -0.1) is 0 Å². The first-order valence-electron chi connectivity index (χ1n) is 9.02. The number of hydrogen-bond donors (Lipinski definition) is 1. The van der Waals surface area contributed by atoms with E-state index in [9.17, 15) is 0 Å². The summed E-state index contributed by atoms with van der Waals surface area (Å²) in [5.41, 5.74) is 2.64. The van der Waals surface area contributed by atoms with E-state index < -0.39 is 0 Å². The Labute approximate surface area is 145 Å².